The van der Waals surface area contributed by atoms with Gasteiger partial charge in [-0.2, -0.15) is 0 Å². The first-order chi connectivity index (χ1) is 7.41. The van der Waals surface area contributed by atoms with Crippen LogP contribution in [0.25, 0.3) is 0 Å². The van der Waals surface area contributed by atoms with Gasteiger partial charge in [-0.25, -0.2) is 0 Å². The predicted molar refractivity (Wildman–Crippen MR) is 66.7 cm³/mol. The summed E-state index contributed by atoms with van der Waals surface area (Å²) in [6, 6.07) is 0. The summed E-state index contributed by atoms with van der Waals surface area (Å²) in [5.41, 5.74) is 0.429. The lowest BCUT2D eigenvalue weighted by molar-refractivity contribution is -0.149. The molecule has 0 aromatic rings. The maximum Gasteiger partial charge on any atom is 0.0834 e. The third kappa shape index (κ3) is 2.58. The molecule has 0 N–H and O–H groups in total. The van der Waals surface area contributed by atoms with Gasteiger partial charge in [0.05, 0.1) is 12.2 Å². The molecule has 0 amide bonds. The highest BCUT2D eigenvalue weighted by Crippen LogP contribution is 2.32. The molecule has 16 heavy (non-hydrogen) atoms. The third-order valence-corrected chi connectivity index (χ3v) is 4.10. The molecule has 2 aliphatic rings. The van der Waals surface area contributed by atoms with E-state index in [1.165, 1.54) is 25.9 Å². The van der Waals surface area contributed by atoms with Crippen molar-refractivity contribution < 1.29 is 4.74 Å². The standard InChI is InChI=1S/C13H26N2O/c1-12(2,3)15-9-10-16-13(11-15)5-7-14(4)8-6-13/h5-11H2,1-4H3. The average Bonchev–Trinajstić information content (AvgIpc) is 2.22. The predicted octanol–water partition coefficient (Wildman–Crippen LogP) is 1.58. The van der Waals surface area contributed by atoms with Gasteiger partial charge in [-0.1, -0.05) is 0 Å². The molecule has 0 saturated carbocycles. The summed E-state index contributed by atoms with van der Waals surface area (Å²) < 4.78 is 6.11. The molecule has 0 aliphatic carbocycles. The SMILES string of the molecule is CN1CCC2(CC1)CN(C(C)(C)C)CCO2. The van der Waals surface area contributed by atoms with E-state index in [1.807, 2.05) is 0 Å². The van der Waals surface area contributed by atoms with E-state index in [1.54, 1.807) is 0 Å². The smallest absolute Gasteiger partial charge is 0.0834 e. The van der Waals surface area contributed by atoms with Crippen molar-refractivity contribution in [3.63, 3.8) is 0 Å². The fourth-order valence-electron chi connectivity index (χ4n) is 2.75. The van der Waals surface area contributed by atoms with E-state index >= 15 is 0 Å². The largest absolute Gasteiger partial charge is 0.372 e. The first-order valence-corrected chi connectivity index (χ1v) is 6.49. The zero-order valence-corrected chi connectivity index (χ0v) is 11.3. The van der Waals surface area contributed by atoms with E-state index in [9.17, 15) is 0 Å². The Morgan fingerprint density at radius 2 is 1.69 bits per heavy atom. The summed E-state index contributed by atoms with van der Waals surface area (Å²) in [6.07, 6.45) is 2.38. The molecular weight excluding hydrogens is 200 g/mol. The Morgan fingerprint density at radius 3 is 2.25 bits per heavy atom. The van der Waals surface area contributed by atoms with E-state index in [4.69, 9.17) is 4.74 Å². The Kier molecular flexibility index (Phi) is 3.30. The van der Waals surface area contributed by atoms with Crippen LogP contribution in [0.5, 0.6) is 0 Å². The van der Waals surface area contributed by atoms with Crippen molar-refractivity contribution in [2.24, 2.45) is 0 Å². The van der Waals surface area contributed by atoms with Gasteiger partial charge in [0.15, 0.2) is 0 Å². The number of morpholine rings is 1. The van der Waals surface area contributed by atoms with Crippen LogP contribution in [0.4, 0.5) is 0 Å². The first-order valence-electron chi connectivity index (χ1n) is 6.49. The molecule has 3 nitrogen and oxygen atoms in total. The van der Waals surface area contributed by atoms with E-state index in [2.05, 4.69) is 37.6 Å². The molecule has 0 aromatic heterocycles. The van der Waals surface area contributed by atoms with Crippen molar-refractivity contribution in [1.82, 2.24) is 9.80 Å². The summed E-state index contributed by atoms with van der Waals surface area (Å²) in [4.78, 5) is 4.99. The molecule has 2 aliphatic heterocycles. The normalized spacial score (nSPS) is 28.5. The summed E-state index contributed by atoms with van der Waals surface area (Å²) in [5.74, 6) is 0. The van der Waals surface area contributed by atoms with Gasteiger partial charge < -0.3 is 9.64 Å². The molecule has 0 atom stereocenters. The van der Waals surface area contributed by atoms with Crippen LogP contribution in [0, 0.1) is 0 Å². The number of likely N-dealkylation sites (tertiary alicyclic amines) is 1. The van der Waals surface area contributed by atoms with Crippen LogP contribution in [-0.4, -0.2) is 60.8 Å². The Morgan fingerprint density at radius 1 is 1.06 bits per heavy atom. The van der Waals surface area contributed by atoms with Gasteiger partial charge in [0, 0.05) is 31.7 Å². The Balaban J connectivity index is 2.01. The number of ether oxygens (including phenoxy) is 1. The zero-order valence-electron chi connectivity index (χ0n) is 11.3. The second kappa shape index (κ2) is 4.28. The molecule has 2 rings (SSSR count). The molecule has 0 bridgehead atoms. The lowest BCUT2D eigenvalue weighted by Crippen LogP contribution is -2.60. The van der Waals surface area contributed by atoms with Crippen molar-refractivity contribution in [2.75, 3.05) is 39.8 Å². The molecular formula is C13H26N2O. The van der Waals surface area contributed by atoms with Crippen LogP contribution < -0.4 is 0 Å². The average molecular weight is 226 g/mol. The second-order valence-corrected chi connectivity index (χ2v) is 6.43. The molecule has 0 unspecified atom stereocenters. The fourth-order valence-corrected chi connectivity index (χ4v) is 2.75. The lowest BCUT2D eigenvalue weighted by Gasteiger charge is -2.50. The summed E-state index contributed by atoms with van der Waals surface area (Å²) in [6.45, 7) is 12.4. The number of hydrogen-bond donors (Lipinski definition) is 0. The highest BCUT2D eigenvalue weighted by Gasteiger charge is 2.41. The topological polar surface area (TPSA) is 15.7 Å². The summed E-state index contributed by atoms with van der Waals surface area (Å²) >= 11 is 0. The van der Waals surface area contributed by atoms with Crippen LogP contribution >= 0.6 is 0 Å². The monoisotopic (exact) mass is 226 g/mol. The van der Waals surface area contributed by atoms with Crippen molar-refractivity contribution in [3.8, 4) is 0 Å². The number of nitrogens with zero attached hydrogens (tertiary/aromatic N) is 2. The van der Waals surface area contributed by atoms with Crippen molar-refractivity contribution in [3.05, 3.63) is 0 Å². The second-order valence-electron chi connectivity index (χ2n) is 6.43. The number of piperidine rings is 1. The van der Waals surface area contributed by atoms with Crippen molar-refractivity contribution >= 4 is 0 Å². The Hall–Kier alpha value is -0.120. The third-order valence-electron chi connectivity index (χ3n) is 4.10. The van der Waals surface area contributed by atoms with Crippen molar-refractivity contribution in [2.45, 2.75) is 44.8 Å². The minimum absolute atomic E-state index is 0.151. The molecule has 0 aromatic carbocycles. The van der Waals surface area contributed by atoms with E-state index in [0.29, 0.717) is 0 Å². The first kappa shape index (κ1) is 12.3. The maximum atomic E-state index is 6.11. The van der Waals surface area contributed by atoms with Crippen LogP contribution in [0.3, 0.4) is 0 Å². The Bertz CT molecular complexity index is 239. The highest BCUT2D eigenvalue weighted by atomic mass is 16.5. The van der Waals surface area contributed by atoms with Gasteiger partial charge in [0.25, 0.3) is 0 Å². The fraction of sp³-hybridized carbons (Fsp3) is 1.00. The molecule has 3 heteroatoms. The van der Waals surface area contributed by atoms with Gasteiger partial charge >= 0.3 is 0 Å². The number of rotatable bonds is 0. The van der Waals surface area contributed by atoms with E-state index in [-0.39, 0.29) is 11.1 Å². The van der Waals surface area contributed by atoms with Crippen LogP contribution in [0.1, 0.15) is 33.6 Å². The Labute approximate surface area is 99.7 Å². The molecule has 1 spiro atoms. The molecule has 2 heterocycles. The van der Waals surface area contributed by atoms with Crippen LogP contribution in [-0.2, 0) is 4.74 Å². The molecule has 2 fully saturated rings. The van der Waals surface area contributed by atoms with Gasteiger partial charge in [-0.05, 0) is 40.7 Å². The number of hydrogen-bond acceptors (Lipinski definition) is 3. The van der Waals surface area contributed by atoms with Gasteiger partial charge in [-0.3, -0.25) is 4.90 Å². The maximum absolute atomic E-state index is 6.11. The minimum atomic E-state index is 0.151. The van der Waals surface area contributed by atoms with E-state index in [0.717, 1.165) is 19.7 Å². The molecule has 94 valence electrons. The molecule has 0 radical (unpaired) electrons. The van der Waals surface area contributed by atoms with Crippen molar-refractivity contribution in [1.29, 1.82) is 0 Å². The van der Waals surface area contributed by atoms with Crippen LogP contribution in [0.15, 0.2) is 0 Å². The summed E-state index contributed by atoms with van der Waals surface area (Å²) in [7, 11) is 2.21. The quantitative estimate of drug-likeness (QED) is 0.624. The zero-order chi connectivity index (χ0) is 11.8. The minimum Gasteiger partial charge on any atom is -0.372 e. The lowest BCUT2D eigenvalue weighted by atomic mass is 9.88. The highest BCUT2D eigenvalue weighted by molar-refractivity contribution is 4.95. The molecule has 2 saturated heterocycles. The van der Waals surface area contributed by atoms with Gasteiger partial charge in [0.1, 0.15) is 0 Å². The van der Waals surface area contributed by atoms with Gasteiger partial charge in [0.2, 0.25) is 0 Å². The van der Waals surface area contributed by atoms with Gasteiger partial charge in [-0.15, -0.1) is 0 Å². The van der Waals surface area contributed by atoms with Crippen LogP contribution in [0.2, 0.25) is 0 Å². The summed E-state index contributed by atoms with van der Waals surface area (Å²) in [5, 5.41) is 0. The van der Waals surface area contributed by atoms with E-state index < -0.39 is 0 Å².